The molecule has 312 valence electrons. The van der Waals surface area contributed by atoms with Crippen LogP contribution in [0.3, 0.4) is 0 Å². The molecule has 6 heteroatoms. The second-order valence-corrected chi connectivity index (χ2v) is 26.9. The Balaban J connectivity index is 0.866. The van der Waals surface area contributed by atoms with E-state index in [0.717, 1.165) is 211 Å². The SMILES string of the molecule is CN1CCCN(C)CCNC(O)C2(C(=O)NCC1)C1C3C4CCC5C6CCC7C8CCC9C%10CCC%11C%12C%10C%10C9C8C8C7C6C6C5C4C4C5C6C8C%10C5C%12C(C43)C%11C12. The maximum absolute atomic E-state index is 15.6. The first-order chi connectivity index (χ1) is 28.5. The number of nitrogens with zero attached hydrogens (tertiary/aromatic N) is 2. The zero-order valence-corrected chi connectivity index (χ0v) is 35.4. The van der Waals surface area contributed by atoms with Gasteiger partial charge in [-0.3, -0.25) is 10.1 Å². The number of fused-ring (bicyclic) bond motifs is 10. The van der Waals surface area contributed by atoms with Gasteiger partial charge in [-0.2, -0.15) is 0 Å². The first-order valence-electron chi connectivity index (χ1n) is 26.6. The Kier molecular flexibility index (Phi) is 5.76. The molecule has 31 unspecified atom stereocenters. The third kappa shape index (κ3) is 3.05. The summed E-state index contributed by atoms with van der Waals surface area (Å²) < 4.78 is 0. The highest BCUT2D eigenvalue weighted by molar-refractivity contribution is 5.88. The van der Waals surface area contributed by atoms with Crippen molar-refractivity contribution in [1.82, 2.24) is 20.4 Å². The minimum Gasteiger partial charge on any atom is -0.377 e. The topological polar surface area (TPSA) is 67.8 Å². The molecular formula is C52H72N4O2. The summed E-state index contributed by atoms with van der Waals surface area (Å²) in [6.07, 6.45) is 13.0. The molecular weight excluding hydrogens is 713 g/mol. The van der Waals surface area contributed by atoms with Gasteiger partial charge in [-0.25, -0.2) is 0 Å². The lowest BCUT2D eigenvalue weighted by atomic mass is 9.43. The Hall–Kier alpha value is -0.690. The van der Waals surface area contributed by atoms with Crippen molar-refractivity contribution in [1.29, 1.82) is 0 Å². The molecule has 3 N–H and O–H groups in total. The third-order valence-electron chi connectivity index (χ3n) is 27.7. The van der Waals surface area contributed by atoms with E-state index in [1.165, 1.54) is 12.8 Å². The number of carbonyl (C=O) groups excluding carboxylic acids is 1. The monoisotopic (exact) mass is 785 g/mol. The molecule has 6 nitrogen and oxygen atoms in total. The van der Waals surface area contributed by atoms with E-state index in [0.29, 0.717) is 23.7 Å². The van der Waals surface area contributed by atoms with E-state index in [9.17, 15) is 5.11 Å². The van der Waals surface area contributed by atoms with Crippen LogP contribution in [-0.4, -0.2) is 80.4 Å². The van der Waals surface area contributed by atoms with Gasteiger partial charge in [-0.05, 0) is 274 Å². The van der Waals surface area contributed by atoms with E-state index in [2.05, 4.69) is 34.5 Å². The number of rotatable bonds is 0. The highest BCUT2D eigenvalue weighted by Crippen LogP contribution is 2.95. The average molecular weight is 785 g/mol. The van der Waals surface area contributed by atoms with Gasteiger partial charge in [0.2, 0.25) is 5.91 Å². The Morgan fingerprint density at radius 1 is 0.431 bits per heavy atom. The highest BCUT2D eigenvalue weighted by Gasteiger charge is 2.93. The van der Waals surface area contributed by atoms with Gasteiger partial charge in [-0.1, -0.05) is 0 Å². The maximum atomic E-state index is 15.6. The van der Waals surface area contributed by atoms with Gasteiger partial charge in [0, 0.05) is 26.2 Å². The fourth-order valence-electron chi connectivity index (χ4n) is 28.7. The quantitative estimate of drug-likeness (QED) is 0.310. The van der Waals surface area contributed by atoms with E-state index in [-0.39, 0.29) is 5.91 Å². The van der Waals surface area contributed by atoms with Crippen molar-refractivity contribution < 1.29 is 9.90 Å². The molecule has 0 aromatic rings. The van der Waals surface area contributed by atoms with Crippen LogP contribution in [0.15, 0.2) is 0 Å². The maximum Gasteiger partial charge on any atom is 0.230 e. The summed E-state index contributed by atoms with van der Waals surface area (Å²) >= 11 is 0. The Morgan fingerprint density at radius 3 is 1.16 bits per heavy atom. The lowest BCUT2D eigenvalue weighted by Crippen LogP contribution is -2.58. The lowest BCUT2D eigenvalue weighted by molar-refractivity contribution is -0.148. The van der Waals surface area contributed by atoms with Gasteiger partial charge < -0.3 is 20.2 Å². The smallest absolute Gasteiger partial charge is 0.230 e. The molecule has 18 rings (SSSR count). The minimum atomic E-state index is -0.711. The van der Waals surface area contributed by atoms with Crippen LogP contribution < -0.4 is 10.6 Å². The molecule has 1 amide bonds. The Bertz CT molecular complexity index is 1820. The molecule has 18 aliphatic rings. The molecule has 18 fully saturated rings. The normalized spacial score (nSPS) is 74.3. The van der Waals surface area contributed by atoms with Crippen LogP contribution in [0.25, 0.3) is 0 Å². The van der Waals surface area contributed by atoms with Crippen LogP contribution in [0.1, 0.15) is 57.8 Å². The van der Waals surface area contributed by atoms with Crippen LogP contribution in [0.4, 0.5) is 0 Å². The molecule has 0 aromatic heterocycles. The molecule has 1 heterocycles. The molecule has 1 saturated heterocycles. The van der Waals surface area contributed by atoms with Gasteiger partial charge in [0.15, 0.2) is 0 Å². The second-order valence-electron chi connectivity index (χ2n) is 26.9. The van der Waals surface area contributed by atoms with E-state index in [1.807, 2.05) is 0 Å². The van der Waals surface area contributed by atoms with Crippen molar-refractivity contribution in [3.63, 3.8) is 0 Å². The first-order valence-corrected chi connectivity index (χ1v) is 26.6. The van der Waals surface area contributed by atoms with Crippen LogP contribution in [0.2, 0.25) is 0 Å². The summed E-state index contributed by atoms with van der Waals surface area (Å²) in [7, 11) is 4.52. The lowest BCUT2D eigenvalue weighted by Gasteiger charge is -2.61. The molecule has 0 bridgehead atoms. The standard InChI is InChI=1S/C52H72N4O2/c1-55-14-3-15-56(2)17-13-54-51(58)52(50(57)53-12-16-55)48-34-24-10-8-22-20-6-4-18-19-5-7-21-23-9-11-25-33-31(23)38-29(21)27(19)36-26(18)28(20)37-30(22)32(24)39-41(34)42(35(25)49(48)52)40(33)47-45(38)43(36)44(37)46(39)47/h18-50,53,57H,3-17H2,1-2H3,(H,54,58). The summed E-state index contributed by atoms with van der Waals surface area (Å²) in [6, 6.07) is 0. The minimum absolute atomic E-state index is 0.282. The summed E-state index contributed by atoms with van der Waals surface area (Å²) in [5, 5.41) is 20.5. The van der Waals surface area contributed by atoms with Gasteiger partial charge in [0.05, 0.1) is 5.41 Å². The number of nitrogens with one attached hydrogen (secondary N) is 2. The van der Waals surface area contributed by atoms with Crippen LogP contribution in [-0.2, 0) is 4.79 Å². The van der Waals surface area contributed by atoms with Crippen molar-refractivity contribution in [3.8, 4) is 0 Å². The van der Waals surface area contributed by atoms with Crippen molar-refractivity contribution in [2.24, 2.45) is 195 Å². The van der Waals surface area contributed by atoms with E-state index >= 15 is 4.79 Å². The van der Waals surface area contributed by atoms with Crippen molar-refractivity contribution in [2.75, 3.05) is 53.4 Å². The molecule has 0 aromatic carbocycles. The van der Waals surface area contributed by atoms with Crippen LogP contribution in [0, 0.1) is 195 Å². The molecule has 0 radical (unpaired) electrons. The largest absolute Gasteiger partial charge is 0.377 e. The number of hydrogen-bond acceptors (Lipinski definition) is 5. The van der Waals surface area contributed by atoms with Crippen LogP contribution in [0.5, 0.6) is 0 Å². The van der Waals surface area contributed by atoms with Crippen LogP contribution >= 0.6 is 0 Å². The predicted molar refractivity (Wildman–Crippen MR) is 218 cm³/mol. The number of hydrogen-bond donors (Lipinski definition) is 3. The highest BCUT2D eigenvalue weighted by atomic mass is 16.3. The fraction of sp³-hybridized carbons (Fsp3) is 0.981. The Labute approximate surface area is 347 Å². The fourth-order valence-corrected chi connectivity index (χ4v) is 28.7. The van der Waals surface area contributed by atoms with Gasteiger partial charge >= 0.3 is 0 Å². The molecule has 1 spiro atoms. The third-order valence-corrected chi connectivity index (χ3v) is 27.7. The first kappa shape index (κ1) is 32.9. The van der Waals surface area contributed by atoms with E-state index in [1.54, 1.807) is 38.5 Å². The van der Waals surface area contributed by atoms with Crippen molar-refractivity contribution in [3.05, 3.63) is 0 Å². The predicted octanol–water partition coefficient (Wildman–Crippen LogP) is 5.33. The number of carbonyl (C=O) groups is 1. The summed E-state index contributed by atoms with van der Waals surface area (Å²) in [5.74, 6) is 31.9. The molecule has 31 atom stereocenters. The summed E-state index contributed by atoms with van der Waals surface area (Å²) in [4.78, 5) is 20.5. The van der Waals surface area contributed by atoms with Gasteiger partial charge in [0.25, 0.3) is 0 Å². The number of amides is 1. The van der Waals surface area contributed by atoms with Crippen molar-refractivity contribution in [2.45, 2.75) is 64.0 Å². The average Bonchev–Trinajstić information content (AvgIpc) is 3.80. The van der Waals surface area contributed by atoms with E-state index in [4.69, 9.17) is 0 Å². The number of aliphatic hydroxyl groups is 1. The van der Waals surface area contributed by atoms with Gasteiger partial charge in [-0.15, -0.1) is 0 Å². The number of likely N-dealkylation sites (N-methyl/N-ethyl adjacent to an activating group) is 2. The number of aliphatic hydroxyl groups excluding tert-OH is 1. The zero-order valence-electron chi connectivity index (χ0n) is 35.4. The molecule has 17 saturated carbocycles. The summed E-state index contributed by atoms with van der Waals surface area (Å²) in [5.41, 5.74) is -0.627. The van der Waals surface area contributed by atoms with Gasteiger partial charge in [0.1, 0.15) is 6.23 Å². The van der Waals surface area contributed by atoms with Crippen molar-refractivity contribution >= 4 is 5.91 Å². The Morgan fingerprint density at radius 2 is 0.741 bits per heavy atom. The summed E-state index contributed by atoms with van der Waals surface area (Å²) in [6.45, 7) is 5.56. The second kappa shape index (κ2) is 10.1. The zero-order chi connectivity index (χ0) is 37.3. The molecule has 17 aliphatic carbocycles. The molecule has 58 heavy (non-hydrogen) atoms. The molecule has 1 aliphatic heterocycles. The van der Waals surface area contributed by atoms with E-state index < -0.39 is 11.6 Å².